The van der Waals surface area contributed by atoms with Crippen LogP contribution < -0.4 is 5.32 Å². The van der Waals surface area contributed by atoms with Crippen LogP contribution >= 0.6 is 0 Å². The van der Waals surface area contributed by atoms with Crippen molar-refractivity contribution in [1.29, 1.82) is 0 Å². The molecule has 0 radical (unpaired) electrons. The lowest BCUT2D eigenvalue weighted by molar-refractivity contribution is 0.0615. The Labute approximate surface area is 89.2 Å². The van der Waals surface area contributed by atoms with Gasteiger partial charge >= 0.3 is 0 Å². The molecule has 0 bridgehead atoms. The Morgan fingerprint density at radius 3 is 3.07 bits per heavy atom. The minimum absolute atomic E-state index is 0.0598. The summed E-state index contributed by atoms with van der Waals surface area (Å²) in [4.78, 5) is 13.9. The van der Waals surface area contributed by atoms with Crippen LogP contribution in [0.5, 0.6) is 0 Å². The van der Waals surface area contributed by atoms with Gasteiger partial charge in [0.15, 0.2) is 0 Å². The smallest absolute Gasteiger partial charge is 0.257 e. The van der Waals surface area contributed by atoms with Crippen LogP contribution in [0.2, 0.25) is 0 Å². The highest BCUT2D eigenvalue weighted by molar-refractivity contribution is 5.94. The van der Waals surface area contributed by atoms with E-state index in [0.29, 0.717) is 11.6 Å². The molecule has 0 aromatic carbocycles. The van der Waals surface area contributed by atoms with Gasteiger partial charge in [0.1, 0.15) is 6.26 Å². The topological polar surface area (TPSA) is 45.5 Å². The van der Waals surface area contributed by atoms with Crippen LogP contribution in [0.25, 0.3) is 0 Å². The fourth-order valence-electron chi connectivity index (χ4n) is 1.86. The van der Waals surface area contributed by atoms with Crippen LogP contribution in [0.15, 0.2) is 23.0 Å². The summed E-state index contributed by atoms with van der Waals surface area (Å²) in [7, 11) is 0. The minimum atomic E-state index is 0.0598. The first-order valence-corrected chi connectivity index (χ1v) is 5.25. The first-order chi connectivity index (χ1) is 7.18. The summed E-state index contributed by atoms with van der Waals surface area (Å²) in [5, 5.41) is 3.34. The third kappa shape index (κ3) is 2.04. The van der Waals surface area contributed by atoms with Crippen molar-refractivity contribution in [3.63, 3.8) is 0 Å². The predicted octanol–water partition coefficient (Wildman–Crippen LogP) is 1.10. The molecule has 1 saturated heterocycles. The van der Waals surface area contributed by atoms with Crippen LogP contribution in [0.3, 0.4) is 0 Å². The highest BCUT2D eigenvalue weighted by Gasteiger charge is 2.27. The minimum Gasteiger partial charge on any atom is -0.472 e. The normalized spacial score (nSPS) is 26.7. The summed E-state index contributed by atoms with van der Waals surface area (Å²) in [5.74, 6) is 0.0598. The van der Waals surface area contributed by atoms with E-state index in [1.54, 1.807) is 6.07 Å². The van der Waals surface area contributed by atoms with Crippen LogP contribution in [0, 0.1) is 0 Å². The van der Waals surface area contributed by atoms with Crippen LogP contribution in [-0.2, 0) is 0 Å². The van der Waals surface area contributed by atoms with Gasteiger partial charge in [0.25, 0.3) is 5.91 Å². The summed E-state index contributed by atoms with van der Waals surface area (Å²) in [5.41, 5.74) is 0.635. The second-order valence-corrected chi connectivity index (χ2v) is 4.13. The highest BCUT2D eigenvalue weighted by Crippen LogP contribution is 2.12. The molecule has 1 aromatic rings. The molecular weight excluding hydrogens is 192 g/mol. The molecule has 1 amide bonds. The molecule has 0 spiro atoms. The zero-order valence-electron chi connectivity index (χ0n) is 9.06. The van der Waals surface area contributed by atoms with Crippen molar-refractivity contribution in [2.75, 3.05) is 13.1 Å². The van der Waals surface area contributed by atoms with Gasteiger partial charge < -0.3 is 14.6 Å². The molecule has 4 heteroatoms. The average molecular weight is 208 g/mol. The van der Waals surface area contributed by atoms with Gasteiger partial charge in [-0.3, -0.25) is 4.79 Å². The van der Waals surface area contributed by atoms with Crippen molar-refractivity contribution in [2.24, 2.45) is 0 Å². The molecule has 2 unspecified atom stereocenters. The van der Waals surface area contributed by atoms with E-state index >= 15 is 0 Å². The van der Waals surface area contributed by atoms with E-state index in [4.69, 9.17) is 4.42 Å². The zero-order valence-corrected chi connectivity index (χ0v) is 9.06. The number of amides is 1. The number of rotatable bonds is 1. The second-order valence-electron chi connectivity index (χ2n) is 4.13. The number of hydrogen-bond acceptors (Lipinski definition) is 3. The Morgan fingerprint density at radius 1 is 1.60 bits per heavy atom. The van der Waals surface area contributed by atoms with Crippen LogP contribution in [-0.4, -0.2) is 36.0 Å². The predicted molar refractivity (Wildman–Crippen MR) is 56.7 cm³/mol. The van der Waals surface area contributed by atoms with Crippen molar-refractivity contribution in [3.8, 4) is 0 Å². The second kappa shape index (κ2) is 4.06. The van der Waals surface area contributed by atoms with Crippen molar-refractivity contribution >= 4 is 5.91 Å². The van der Waals surface area contributed by atoms with Gasteiger partial charge in [0.2, 0.25) is 0 Å². The van der Waals surface area contributed by atoms with Gasteiger partial charge in [-0.05, 0) is 19.9 Å². The summed E-state index contributed by atoms with van der Waals surface area (Å²) in [6, 6.07) is 2.31. The van der Waals surface area contributed by atoms with Gasteiger partial charge in [-0.1, -0.05) is 0 Å². The first-order valence-electron chi connectivity index (χ1n) is 5.25. The number of furan rings is 1. The average Bonchev–Trinajstić information content (AvgIpc) is 2.74. The number of carbonyl (C=O) groups is 1. The largest absolute Gasteiger partial charge is 0.472 e. The highest BCUT2D eigenvalue weighted by atomic mass is 16.3. The van der Waals surface area contributed by atoms with Crippen molar-refractivity contribution in [1.82, 2.24) is 10.2 Å². The summed E-state index contributed by atoms with van der Waals surface area (Å²) in [6.07, 6.45) is 3.03. The van der Waals surface area contributed by atoms with E-state index < -0.39 is 0 Å². The Morgan fingerprint density at radius 2 is 2.40 bits per heavy atom. The molecule has 0 saturated carbocycles. The van der Waals surface area contributed by atoms with Crippen LogP contribution in [0.4, 0.5) is 0 Å². The SMILES string of the molecule is CC1CN(C(=O)c2ccoc2)C(C)CN1. The molecule has 82 valence electrons. The van der Waals surface area contributed by atoms with Crippen LogP contribution in [0.1, 0.15) is 24.2 Å². The van der Waals surface area contributed by atoms with Gasteiger partial charge in [0, 0.05) is 25.2 Å². The van der Waals surface area contributed by atoms with E-state index in [1.165, 1.54) is 12.5 Å². The number of nitrogens with one attached hydrogen (secondary N) is 1. The molecule has 2 rings (SSSR count). The molecule has 2 atom stereocenters. The molecule has 0 aliphatic carbocycles. The quantitative estimate of drug-likeness (QED) is 0.751. The third-order valence-corrected chi connectivity index (χ3v) is 2.79. The first kappa shape index (κ1) is 10.2. The number of hydrogen-bond donors (Lipinski definition) is 1. The van der Waals surface area contributed by atoms with Gasteiger partial charge in [0.05, 0.1) is 11.8 Å². The standard InChI is InChI=1S/C11H16N2O2/c1-8-6-13(9(2)5-12-8)11(14)10-3-4-15-7-10/h3-4,7-9,12H,5-6H2,1-2H3. The summed E-state index contributed by atoms with van der Waals surface area (Å²) < 4.78 is 4.93. The Hall–Kier alpha value is -1.29. The number of nitrogens with zero attached hydrogens (tertiary/aromatic N) is 1. The maximum atomic E-state index is 12.1. The Bertz CT molecular complexity index is 334. The Balaban J connectivity index is 2.12. The van der Waals surface area contributed by atoms with E-state index in [-0.39, 0.29) is 11.9 Å². The van der Waals surface area contributed by atoms with Crippen molar-refractivity contribution < 1.29 is 9.21 Å². The van der Waals surface area contributed by atoms with Gasteiger partial charge in [-0.25, -0.2) is 0 Å². The molecule has 2 heterocycles. The summed E-state index contributed by atoms with van der Waals surface area (Å²) >= 11 is 0. The number of piperazine rings is 1. The molecule has 1 aliphatic rings. The summed E-state index contributed by atoms with van der Waals surface area (Å²) in [6.45, 7) is 5.74. The lowest BCUT2D eigenvalue weighted by Crippen LogP contribution is -2.56. The fraction of sp³-hybridized carbons (Fsp3) is 0.545. The Kier molecular flexibility index (Phi) is 2.77. The van der Waals surface area contributed by atoms with Crippen molar-refractivity contribution in [3.05, 3.63) is 24.2 Å². The van der Waals surface area contributed by atoms with E-state index in [1.807, 2.05) is 4.90 Å². The molecule has 1 N–H and O–H groups in total. The lowest BCUT2D eigenvalue weighted by Gasteiger charge is -2.37. The van der Waals surface area contributed by atoms with E-state index in [9.17, 15) is 4.79 Å². The molecular formula is C11H16N2O2. The molecule has 1 aliphatic heterocycles. The van der Waals surface area contributed by atoms with Gasteiger partial charge in [-0.2, -0.15) is 0 Å². The van der Waals surface area contributed by atoms with Gasteiger partial charge in [-0.15, -0.1) is 0 Å². The number of carbonyl (C=O) groups excluding carboxylic acids is 1. The molecule has 1 fully saturated rings. The zero-order chi connectivity index (χ0) is 10.8. The van der Waals surface area contributed by atoms with E-state index in [0.717, 1.165) is 13.1 Å². The molecule has 15 heavy (non-hydrogen) atoms. The maximum absolute atomic E-state index is 12.1. The lowest BCUT2D eigenvalue weighted by atomic mass is 10.1. The fourth-order valence-corrected chi connectivity index (χ4v) is 1.86. The molecule has 4 nitrogen and oxygen atoms in total. The monoisotopic (exact) mass is 208 g/mol. The maximum Gasteiger partial charge on any atom is 0.257 e. The van der Waals surface area contributed by atoms with E-state index in [2.05, 4.69) is 19.2 Å². The third-order valence-electron chi connectivity index (χ3n) is 2.79. The molecule has 1 aromatic heterocycles. The van der Waals surface area contributed by atoms with Crippen molar-refractivity contribution in [2.45, 2.75) is 25.9 Å².